The predicted octanol–water partition coefficient (Wildman–Crippen LogP) is 5.09. The number of para-hydroxylation sites is 1. The Morgan fingerprint density at radius 2 is 1.85 bits per heavy atom. The standard InChI is InChI=1S/C23H22F3N5O2/c1-14(2)20(13-32)30-22-29-19(15-7-5-8-17(10-15)33-23(24,25)26)11-21(31-22)28-18-9-4-3-6-16(18)12-27/h3-11,14,20,32H,13H2,1-2H3,(H2,28,29,30,31)/t20-/m0/s1. The van der Waals surface area contributed by atoms with Crippen molar-refractivity contribution < 1.29 is 23.0 Å². The zero-order chi connectivity index (χ0) is 24.0. The molecule has 0 unspecified atom stereocenters. The van der Waals surface area contributed by atoms with E-state index in [0.29, 0.717) is 28.3 Å². The minimum Gasteiger partial charge on any atom is -0.406 e. The average Bonchev–Trinajstić information content (AvgIpc) is 2.76. The Morgan fingerprint density at radius 1 is 1.09 bits per heavy atom. The van der Waals surface area contributed by atoms with Gasteiger partial charge in [0.1, 0.15) is 17.6 Å². The highest BCUT2D eigenvalue weighted by Crippen LogP contribution is 2.30. The second-order valence-corrected chi connectivity index (χ2v) is 7.50. The van der Waals surface area contributed by atoms with Crippen LogP contribution >= 0.6 is 0 Å². The first-order chi connectivity index (χ1) is 15.7. The number of rotatable bonds is 8. The van der Waals surface area contributed by atoms with Gasteiger partial charge in [-0.2, -0.15) is 10.2 Å². The van der Waals surface area contributed by atoms with Gasteiger partial charge in [0.05, 0.1) is 29.6 Å². The summed E-state index contributed by atoms with van der Waals surface area (Å²) in [6.45, 7) is 3.66. The highest BCUT2D eigenvalue weighted by atomic mass is 19.4. The van der Waals surface area contributed by atoms with Crippen LogP contribution < -0.4 is 15.4 Å². The molecular weight excluding hydrogens is 435 g/mol. The molecule has 0 radical (unpaired) electrons. The Balaban J connectivity index is 2.04. The first-order valence-corrected chi connectivity index (χ1v) is 10.1. The highest BCUT2D eigenvalue weighted by molar-refractivity contribution is 5.70. The van der Waals surface area contributed by atoms with Crippen molar-refractivity contribution in [3.8, 4) is 23.1 Å². The maximum atomic E-state index is 12.7. The number of aliphatic hydroxyl groups excluding tert-OH is 1. The Kier molecular flexibility index (Phi) is 7.35. The Bertz CT molecular complexity index is 1150. The van der Waals surface area contributed by atoms with Gasteiger partial charge in [-0.3, -0.25) is 0 Å². The molecule has 3 aromatic rings. The van der Waals surface area contributed by atoms with E-state index in [1.807, 2.05) is 13.8 Å². The summed E-state index contributed by atoms with van der Waals surface area (Å²) >= 11 is 0. The van der Waals surface area contributed by atoms with Crippen LogP contribution in [0.4, 0.5) is 30.6 Å². The third-order valence-electron chi connectivity index (χ3n) is 4.72. The third-order valence-corrected chi connectivity index (χ3v) is 4.72. The van der Waals surface area contributed by atoms with Crippen molar-refractivity contribution in [1.29, 1.82) is 5.26 Å². The summed E-state index contributed by atoms with van der Waals surface area (Å²) in [6, 6.07) is 15.5. The lowest BCUT2D eigenvalue weighted by atomic mass is 10.1. The maximum Gasteiger partial charge on any atom is 0.573 e. The molecule has 10 heteroatoms. The van der Waals surface area contributed by atoms with Gasteiger partial charge in [0.15, 0.2) is 0 Å². The summed E-state index contributed by atoms with van der Waals surface area (Å²) in [4.78, 5) is 8.84. The van der Waals surface area contributed by atoms with Gasteiger partial charge in [-0.1, -0.05) is 38.1 Å². The molecule has 0 bridgehead atoms. The molecule has 0 spiro atoms. The number of nitriles is 1. The van der Waals surface area contributed by atoms with E-state index in [1.54, 1.807) is 36.4 Å². The molecule has 7 nitrogen and oxygen atoms in total. The fourth-order valence-electron chi connectivity index (χ4n) is 2.99. The molecule has 1 heterocycles. The minimum absolute atomic E-state index is 0.0569. The highest BCUT2D eigenvalue weighted by Gasteiger charge is 2.31. The molecule has 3 rings (SSSR count). The van der Waals surface area contributed by atoms with Crippen LogP contribution in [-0.4, -0.2) is 34.1 Å². The number of nitrogens with one attached hydrogen (secondary N) is 2. The number of halogens is 3. The van der Waals surface area contributed by atoms with Crippen molar-refractivity contribution in [2.24, 2.45) is 5.92 Å². The molecule has 0 aliphatic rings. The van der Waals surface area contributed by atoms with Crippen LogP contribution in [-0.2, 0) is 0 Å². The number of benzene rings is 2. The molecule has 0 saturated carbocycles. The van der Waals surface area contributed by atoms with Gasteiger partial charge in [-0.15, -0.1) is 13.2 Å². The zero-order valence-electron chi connectivity index (χ0n) is 17.9. The van der Waals surface area contributed by atoms with E-state index in [9.17, 15) is 23.5 Å². The first-order valence-electron chi connectivity index (χ1n) is 10.1. The van der Waals surface area contributed by atoms with E-state index in [1.165, 1.54) is 18.2 Å². The second-order valence-electron chi connectivity index (χ2n) is 7.50. The second kappa shape index (κ2) is 10.2. The molecule has 0 amide bonds. The van der Waals surface area contributed by atoms with Crippen molar-refractivity contribution in [3.63, 3.8) is 0 Å². The topological polar surface area (TPSA) is 103 Å². The number of anilines is 3. The number of hydrogen-bond acceptors (Lipinski definition) is 7. The van der Waals surface area contributed by atoms with Crippen molar-refractivity contribution in [3.05, 3.63) is 60.2 Å². The lowest BCUT2D eigenvalue weighted by Crippen LogP contribution is -2.30. The number of hydrogen-bond donors (Lipinski definition) is 3. The van der Waals surface area contributed by atoms with Gasteiger partial charge in [-0.25, -0.2) is 4.98 Å². The SMILES string of the molecule is CC(C)[C@H](CO)Nc1nc(Nc2ccccc2C#N)cc(-c2cccc(OC(F)(F)F)c2)n1. The molecule has 0 aliphatic carbocycles. The summed E-state index contributed by atoms with van der Waals surface area (Å²) in [5.74, 6) is 0.154. The van der Waals surface area contributed by atoms with E-state index in [4.69, 9.17) is 0 Å². The van der Waals surface area contributed by atoms with Crippen molar-refractivity contribution in [2.45, 2.75) is 26.3 Å². The molecule has 3 N–H and O–H groups in total. The van der Waals surface area contributed by atoms with E-state index in [-0.39, 0.29) is 30.3 Å². The summed E-state index contributed by atoms with van der Waals surface area (Å²) in [7, 11) is 0. The summed E-state index contributed by atoms with van der Waals surface area (Å²) in [5, 5.41) is 25.1. The molecule has 0 aliphatic heterocycles. The molecule has 172 valence electrons. The quantitative estimate of drug-likeness (QED) is 0.433. The van der Waals surface area contributed by atoms with Crippen LogP contribution in [0.5, 0.6) is 5.75 Å². The summed E-state index contributed by atoms with van der Waals surface area (Å²) < 4.78 is 42.0. The van der Waals surface area contributed by atoms with Gasteiger partial charge in [0.25, 0.3) is 0 Å². The van der Waals surface area contributed by atoms with Crippen LogP contribution in [0.25, 0.3) is 11.3 Å². The molecule has 1 atom stereocenters. The predicted molar refractivity (Wildman–Crippen MR) is 118 cm³/mol. The van der Waals surface area contributed by atoms with Crippen LogP contribution in [0.15, 0.2) is 54.6 Å². The third kappa shape index (κ3) is 6.57. The van der Waals surface area contributed by atoms with Gasteiger partial charge in [0, 0.05) is 11.6 Å². The van der Waals surface area contributed by atoms with E-state index >= 15 is 0 Å². The Morgan fingerprint density at radius 3 is 2.52 bits per heavy atom. The van der Waals surface area contributed by atoms with Gasteiger partial charge < -0.3 is 20.5 Å². The fraction of sp³-hybridized carbons (Fsp3) is 0.261. The fourth-order valence-corrected chi connectivity index (χ4v) is 2.99. The van der Waals surface area contributed by atoms with Crippen molar-refractivity contribution in [1.82, 2.24) is 9.97 Å². The lowest BCUT2D eigenvalue weighted by Gasteiger charge is -2.21. The van der Waals surface area contributed by atoms with E-state index in [2.05, 4.69) is 31.4 Å². The van der Waals surface area contributed by atoms with Crippen LogP contribution in [0, 0.1) is 17.2 Å². The van der Waals surface area contributed by atoms with E-state index in [0.717, 1.165) is 0 Å². The zero-order valence-corrected chi connectivity index (χ0v) is 17.9. The number of alkyl halides is 3. The molecule has 0 fully saturated rings. The normalized spacial score (nSPS) is 12.2. The number of aliphatic hydroxyl groups is 1. The molecule has 0 saturated heterocycles. The van der Waals surface area contributed by atoms with Gasteiger partial charge in [-0.05, 0) is 30.2 Å². The average molecular weight is 457 g/mol. The monoisotopic (exact) mass is 457 g/mol. The minimum atomic E-state index is -4.82. The van der Waals surface area contributed by atoms with Crippen LogP contribution in [0.1, 0.15) is 19.4 Å². The number of nitrogens with zero attached hydrogens (tertiary/aromatic N) is 3. The van der Waals surface area contributed by atoms with Crippen LogP contribution in [0.3, 0.4) is 0 Å². The first kappa shape index (κ1) is 23.8. The van der Waals surface area contributed by atoms with Crippen molar-refractivity contribution in [2.75, 3.05) is 17.2 Å². The smallest absolute Gasteiger partial charge is 0.406 e. The van der Waals surface area contributed by atoms with Crippen LogP contribution in [0.2, 0.25) is 0 Å². The maximum absolute atomic E-state index is 12.7. The molecule has 1 aromatic heterocycles. The number of ether oxygens (including phenoxy) is 1. The van der Waals surface area contributed by atoms with Crippen molar-refractivity contribution >= 4 is 17.5 Å². The largest absolute Gasteiger partial charge is 0.573 e. The molecule has 33 heavy (non-hydrogen) atoms. The Hall–Kier alpha value is -3.84. The van der Waals surface area contributed by atoms with Gasteiger partial charge >= 0.3 is 6.36 Å². The van der Waals surface area contributed by atoms with E-state index < -0.39 is 6.36 Å². The summed E-state index contributed by atoms with van der Waals surface area (Å²) in [6.07, 6.45) is -4.82. The van der Waals surface area contributed by atoms with Gasteiger partial charge in [0.2, 0.25) is 5.95 Å². The molecular formula is C23H22F3N5O2. The molecule has 2 aromatic carbocycles. The lowest BCUT2D eigenvalue weighted by molar-refractivity contribution is -0.274. The summed E-state index contributed by atoms with van der Waals surface area (Å²) in [5.41, 5.74) is 1.58. The Labute approximate surface area is 188 Å². The number of aromatic nitrogens is 2.